The summed E-state index contributed by atoms with van der Waals surface area (Å²) in [6, 6.07) is 0. The molecule has 0 saturated carbocycles. The zero-order chi connectivity index (χ0) is 17.3. The molecule has 0 aliphatic carbocycles. The third-order valence-corrected chi connectivity index (χ3v) is 4.86. The number of thioether (sulfide) groups is 2. The van der Waals surface area contributed by atoms with Crippen LogP contribution in [0.15, 0.2) is 9.81 Å². The standard InChI is InChI=1S/C14H20O6S2/c1-13(2,3)19-9(17)7(10(18)20-14(4,5)6)11-21-12(22-11)8(15)16/h12H,1-6H3,(H,15,16). The fourth-order valence-corrected chi connectivity index (χ4v) is 3.37. The van der Waals surface area contributed by atoms with Crippen LogP contribution < -0.4 is 0 Å². The van der Waals surface area contributed by atoms with Gasteiger partial charge in [0.15, 0.2) is 10.2 Å². The van der Waals surface area contributed by atoms with Crippen LogP contribution in [0, 0.1) is 0 Å². The minimum Gasteiger partial charge on any atom is -0.480 e. The summed E-state index contributed by atoms with van der Waals surface area (Å²) in [5.41, 5.74) is -1.77. The van der Waals surface area contributed by atoms with E-state index in [1.807, 2.05) is 0 Å². The van der Waals surface area contributed by atoms with E-state index in [-0.39, 0.29) is 5.57 Å². The number of rotatable bonds is 3. The maximum atomic E-state index is 12.2. The van der Waals surface area contributed by atoms with Crippen molar-refractivity contribution in [3.8, 4) is 0 Å². The van der Waals surface area contributed by atoms with Crippen LogP contribution in [0.4, 0.5) is 0 Å². The first kappa shape index (κ1) is 18.9. The predicted octanol–water partition coefficient (Wildman–Crippen LogP) is 2.77. The molecule has 1 aliphatic rings. The highest BCUT2D eigenvalue weighted by Crippen LogP contribution is 2.53. The van der Waals surface area contributed by atoms with E-state index in [2.05, 4.69) is 0 Å². The Morgan fingerprint density at radius 2 is 1.27 bits per heavy atom. The number of hydrogen-bond donors (Lipinski definition) is 1. The van der Waals surface area contributed by atoms with Crippen LogP contribution in [0.3, 0.4) is 0 Å². The molecule has 1 fully saturated rings. The van der Waals surface area contributed by atoms with Gasteiger partial charge in [-0.25, -0.2) is 9.59 Å². The average Bonchev–Trinajstić information content (AvgIpc) is 2.15. The van der Waals surface area contributed by atoms with Gasteiger partial charge in [-0.15, -0.1) is 0 Å². The van der Waals surface area contributed by atoms with Crippen molar-refractivity contribution in [3.05, 3.63) is 9.81 Å². The first-order valence-corrected chi connectivity index (χ1v) is 8.33. The van der Waals surface area contributed by atoms with Gasteiger partial charge in [-0.05, 0) is 41.5 Å². The Morgan fingerprint density at radius 1 is 0.909 bits per heavy atom. The van der Waals surface area contributed by atoms with Crippen LogP contribution in [-0.2, 0) is 23.9 Å². The third kappa shape index (κ3) is 5.57. The molecule has 0 aromatic carbocycles. The first-order chi connectivity index (χ1) is 9.80. The molecule has 0 unspecified atom stereocenters. The van der Waals surface area contributed by atoms with Gasteiger partial charge in [-0.2, -0.15) is 0 Å². The number of aliphatic carboxylic acids is 1. The van der Waals surface area contributed by atoms with E-state index in [4.69, 9.17) is 14.6 Å². The van der Waals surface area contributed by atoms with Gasteiger partial charge in [0.1, 0.15) is 11.2 Å². The van der Waals surface area contributed by atoms with E-state index in [9.17, 15) is 14.4 Å². The fourth-order valence-electron chi connectivity index (χ4n) is 1.33. The van der Waals surface area contributed by atoms with Gasteiger partial charge in [0.25, 0.3) is 0 Å². The first-order valence-electron chi connectivity index (χ1n) is 6.57. The van der Waals surface area contributed by atoms with Crippen LogP contribution in [-0.4, -0.2) is 38.8 Å². The molecular formula is C14H20O6S2. The minimum absolute atomic E-state index is 0.239. The van der Waals surface area contributed by atoms with E-state index in [1.165, 1.54) is 0 Å². The monoisotopic (exact) mass is 348 g/mol. The van der Waals surface area contributed by atoms with Crippen LogP contribution in [0.25, 0.3) is 0 Å². The second-order valence-electron chi connectivity index (χ2n) is 6.57. The lowest BCUT2D eigenvalue weighted by Crippen LogP contribution is -2.33. The predicted molar refractivity (Wildman–Crippen MR) is 85.3 cm³/mol. The zero-order valence-corrected chi connectivity index (χ0v) is 15.0. The number of carboxylic acids is 1. The second-order valence-corrected chi connectivity index (χ2v) is 9.36. The lowest BCUT2D eigenvalue weighted by molar-refractivity contribution is -0.158. The number of esters is 2. The van der Waals surface area contributed by atoms with Gasteiger partial charge in [-0.1, -0.05) is 23.5 Å². The van der Waals surface area contributed by atoms with E-state index < -0.39 is 33.7 Å². The van der Waals surface area contributed by atoms with Crippen molar-refractivity contribution in [1.82, 2.24) is 0 Å². The lowest BCUT2D eigenvalue weighted by atomic mass is 10.1. The zero-order valence-electron chi connectivity index (χ0n) is 13.4. The highest BCUT2D eigenvalue weighted by molar-refractivity contribution is 8.39. The molecule has 0 amide bonds. The molecule has 0 atom stereocenters. The van der Waals surface area contributed by atoms with Crippen molar-refractivity contribution in [2.45, 2.75) is 57.3 Å². The molecule has 0 aromatic rings. The third-order valence-electron chi connectivity index (χ3n) is 2.04. The number of carbonyl (C=O) groups excluding carboxylic acids is 2. The maximum absolute atomic E-state index is 12.2. The van der Waals surface area contributed by atoms with Crippen molar-refractivity contribution in [2.24, 2.45) is 0 Å². The molecule has 1 rings (SSSR count). The SMILES string of the molecule is CC(C)(C)OC(=O)C(C(=O)OC(C)(C)C)=C1SC(C(=O)O)S1. The van der Waals surface area contributed by atoms with Gasteiger partial charge in [0, 0.05) is 0 Å². The number of carboxylic acid groups (broad SMARTS) is 1. The summed E-state index contributed by atoms with van der Waals surface area (Å²) in [4.78, 5) is 35.3. The Bertz CT molecular complexity index is 486. The topological polar surface area (TPSA) is 89.9 Å². The Morgan fingerprint density at radius 3 is 1.55 bits per heavy atom. The quantitative estimate of drug-likeness (QED) is 0.360. The van der Waals surface area contributed by atoms with E-state index in [0.717, 1.165) is 23.5 Å². The largest absolute Gasteiger partial charge is 0.480 e. The van der Waals surface area contributed by atoms with Crippen LogP contribution in [0.1, 0.15) is 41.5 Å². The van der Waals surface area contributed by atoms with E-state index in [1.54, 1.807) is 41.5 Å². The second kappa shape index (κ2) is 6.54. The molecule has 1 saturated heterocycles. The van der Waals surface area contributed by atoms with Crippen molar-refractivity contribution in [1.29, 1.82) is 0 Å². The fraction of sp³-hybridized carbons (Fsp3) is 0.643. The molecule has 0 aromatic heterocycles. The van der Waals surface area contributed by atoms with Gasteiger partial charge < -0.3 is 14.6 Å². The molecule has 0 spiro atoms. The highest BCUT2D eigenvalue weighted by atomic mass is 32.3. The molecule has 1 aliphatic heterocycles. The smallest absolute Gasteiger partial charge is 0.347 e. The maximum Gasteiger partial charge on any atom is 0.347 e. The van der Waals surface area contributed by atoms with Crippen molar-refractivity contribution >= 4 is 41.4 Å². The van der Waals surface area contributed by atoms with Gasteiger partial charge in [0.2, 0.25) is 0 Å². The Hall–Kier alpha value is -1.15. The average molecular weight is 348 g/mol. The summed E-state index contributed by atoms with van der Waals surface area (Å²) < 4.78 is 10.0. The Balaban J connectivity index is 3.02. The summed E-state index contributed by atoms with van der Waals surface area (Å²) in [6.45, 7) is 10.1. The summed E-state index contributed by atoms with van der Waals surface area (Å²) in [6.07, 6.45) is 0. The van der Waals surface area contributed by atoms with Gasteiger partial charge in [-0.3, -0.25) is 4.79 Å². The lowest BCUT2D eigenvalue weighted by Gasteiger charge is -2.28. The molecular weight excluding hydrogens is 328 g/mol. The van der Waals surface area contributed by atoms with Crippen LogP contribution >= 0.6 is 23.5 Å². The van der Waals surface area contributed by atoms with Gasteiger partial charge in [0.05, 0.1) is 4.24 Å². The van der Waals surface area contributed by atoms with Crippen LogP contribution in [0.5, 0.6) is 0 Å². The van der Waals surface area contributed by atoms with Gasteiger partial charge >= 0.3 is 17.9 Å². The van der Waals surface area contributed by atoms with Crippen molar-refractivity contribution < 1.29 is 29.0 Å². The molecule has 0 bridgehead atoms. The summed E-state index contributed by atoms with van der Waals surface area (Å²) >= 11 is 1.88. The van der Waals surface area contributed by atoms with Crippen molar-refractivity contribution in [3.63, 3.8) is 0 Å². The molecule has 0 radical (unpaired) electrons. The van der Waals surface area contributed by atoms with E-state index in [0.29, 0.717) is 4.24 Å². The Labute approximate surface area is 138 Å². The molecule has 124 valence electrons. The normalized spacial score (nSPS) is 18.3. The summed E-state index contributed by atoms with van der Waals surface area (Å²) in [7, 11) is 0. The van der Waals surface area contributed by atoms with E-state index >= 15 is 0 Å². The number of carbonyl (C=O) groups is 3. The molecule has 1 N–H and O–H groups in total. The molecule has 6 nitrogen and oxygen atoms in total. The molecule has 22 heavy (non-hydrogen) atoms. The molecule has 1 heterocycles. The number of ether oxygens (including phenoxy) is 2. The summed E-state index contributed by atoms with van der Waals surface area (Å²) in [5.74, 6) is -2.62. The highest BCUT2D eigenvalue weighted by Gasteiger charge is 2.41. The number of hydrogen-bond acceptors (Lipinski definition) is 7. The Kier molecular flexibility index (Phi) is 5.61. The molecule has 8 heteroatoms. The summed E-state index contributed by atoms with van der Waals surface area (Å²) in [5, 5.41) is 8.89. The minimum atomic E-state index is -1.01. The van der Waals surface area contributed by atoms with Crippen LogP contribution in [0.2, 0.25) is 0 Å². The van der Waals surface area contributed by atoms with Crippen molar-refractivity contribution in [2.75, 3.05) is 0 Å².